The first-order chi connectivity index (χ1) is 12.7. The van der Waals surface area contributed by atoms with Crippen molar-refractivity contribution in [3.05, 3.63) is 59.1 Å². The first-order valence-electron chi connectivity index (χ1n) is 8.63. The largest absolute Gasteiger partial charge is 0.331 e. The van der Waals surface area contributed by atoms with Gasteiger partial charge in [-0.15, -0.1) is 5.10 Å². The molecule has 0 saturated carbocycles. The Bertz CT molecular complexity index is 886. The molecule has 3 aromatic rings. The molecule has 0 aliphatic carbocycles. The number of hydrogen-bond donors (Lipinski definition) is 1. The highest BCUT2D eigenvalue weighted by molar-refractivity contribution is 6.30. The predicted molar refractivity (Wildman–Crippen MR) is 98.0 cm³/mol. The second kappa shape index (κ2) is 7.29. The van der Waals surface area contributed by atoms with Crippen molar-refractivity contribution in [3.63, 3.8) is 0 Å². The van der Waals surface area contributed by atoms with Crippen molar-refractivity contribution in [2.24, 2.45) is 0 Å². The van der Waals surface area contributed by atoms with E-state index in [2.05, 4.69) is 26.4 Å². The van der Waals surface area contributed by atoms with Gasteiger partial charge < -0.3 is 10.2 Å². The molecule has 1 aliphatic rings. The maximum Gasteiger partial charge on any atom is 0.317 e. The first kappa shape index (κ1) is 16.8. The lowest BCUT2D eigenvalue weighted by molar-refractivity contribution is 0.180. The number of hydrogen-bond acceptors (Lipinski definition) is 4. The molecule has 1 aliphatic heterocycles. The molecule has 8 heteroatoms. The molecular formula is C18H19ClN6O. The molecule has 0 unspecified atom stereocenters. The molecule has 4 rings (SSSR count). The van der Waals surface area contributed by atoms with E-state index in [1.807, 2.05) is 23.1 Å². The summed E-state index contributed by atoms with van der Waals surface area (Å²) in [6, 6.07) is 9.69. The Labute approximate surface area is 156 Å². The number of nitrogens with zero attached hydrogens (tertiary/aromatic N) is 5. The molecule has 7 nitrogen and oxygen atoms in total. The van der Waals surface area contributed by atoms with Crippen LogP contribution >= 0.6 is 11.6 Å². The molecule has 2 aromatic heterocycles. The van der Waals surface area contributed by atoms with Gasteiger partial charge in [0.05, 0.1) is 6.54 Å². The first-order valence-corrected chi connectivity index (χ1v) is 9.01. The van der Waals surface area contributed by atoms with Crippen LogP contribution in [0.5, 0.6) is 0 Å². The van der Waals surface area contributed by atoms with Crippen LogP contribution in [0.15, 0.2) is 42.7 Å². The van der Waals surface area contributed by atoms with Crippen molar-refractivity contribution in [2.45, 2.75) is 25.3 Å². The Morgan fingerprint density at radius 1 is 1.27 bits per heavy atom. The van der Waals surface area contributed by atoms with E-state index >= 15 is 0 Å². The molecule has 1 fully saturated rings. The van der Waals surface area contributed by atoms with Crippen molar-refractivity contribution in [1.82, 2.24) is 29.8 Å². The Kier molecular flexibility index (Phi) is 4.71. The smallest absolute Gasteiger partial charge is 0.317 e. The molecule has 0 atom stereocenters. The number of piperidine rings is 1. The molecule has 1 aromatic carbocycles. The van der Waals surface area contributed by atoms with E-state index in [1.165, 1.54) is 5.56 Å². The molecule has 0 bridgehead atoms. The summed E-state index contributed by atoms with van der Waals surface area (Å²) in [5.41, 5.74) is 1.25. The summed E-state index contributed by atoms with van der Waals surface area (Å²) in [5, 5.41) is 7.94. The maximum atomic E-state index is 12.4. The molecular weight excluding hydrogens is 352 g/mol. The summed E-state index contributed by atoms with van der Waals surface area (Å²) in [6.45, 7) is 1.74. The van der Waals surface area contributed by atoms with E-state index < -0.39 is 0 Å². The van der Waals surface area contributed by atoms with Gasteiger partial charge in [-0.1, -0.05) is 23.7 Å². The van der Waals surface area contributed by atoms with Crippen LogP contribution < -0.4 is 5.32 Å². The average Bonchev–Trinajstić information content (AvgIpc) is 3.09. The number of fused-ring (bicyclic) bond motifs is 1. The third-order valence-corrected chi connectivity index (χ3v) is 4.90. The van der Waals surface area contributed by atoms with Gasteiger partial charge in [-0.2, -0.15) is 4.98 Å². The number of amides is 2. The molecule has 2 amide bonds. The minimum absolute atomic E-state index is 0.0821. The van der Waals surface area contributed by atoms with E-state index in [1.54, 1.807) is 23.0 Å². The number of carbonyl (C=O) groups excluding carboxylic acids is 1. The summed E-state index contributed by atoms with van der Waals surface area (Å²) in [6.07, 6.45) is 5.31. The average molecular weight is 371 g/mol. The van der Waals surface area contributed by atoms with Gasteiger partial charge in [0.2, 0.25) is 0 Å². The fourth-order valence-corrected chi connectivity index (χ4v) is 3.49. The third-order valence-electron chi connectivity index (χ3n) is 4.66. The van der Waals surface area contributed by atoms with E-state index in [0.29, 0.717) is 17.5 Å². The lowest BCUT2D eigenvalue weighted by Gasteiger charge is -2.32. The zero-order valence-corrected chi connectivity index (χ0v) is 14.9. The van der Waals surface area contributed by atoms with Gasteiger partial charge in [0, 0.05) is 30.5 Å². The Hall–Kier alpha value is -2.67. The molecule has 134 valence electrons. The number of carbonyl (C=O) groups is 1. The molecule has 3 heterocycles. The zero-order valence-electron chi connectivity index (χ0n) is 14.2. The Morgan fingerprint density at radius 3 is 2.88 bits per heavy atom. The second-order valence-electron chi connectivity index (χ2n) is 6.37. The van der Waals surface area contributed by atoms with Crippen LogP contribution in [-0.4, -0.2) is 43.6 Å². The number of likely N-dealkylation sites (tertiary alicyclic amines) is 1. The van der Waals surface area contributed by atoms with Crippen molar-refractivity contribution in [1.29, 1.82) is 0 Å². The summed E-state index contributed by atoms with van der Waals surface area (Å²) in [4.78, 5) is 22.6. The molecule has 26 heavy (non-hydrogen) atoms. The number of urea groups is 1. The van der Waals surface area contributed by atoms with E-state index in [4.69, 9.17) is 11.6 Å². The van der Waals surface area contributed by atoms with Crippen molar-refractivity contribution in [3.8, 4) is 0 Å². The maximum absolute atomic E-state index is 12.4. The normalized spacial score (nSPS) is 15.3. The Morgan fingerprint density at radius 2 is 2.12 bits per heavy atom. The minimum Gasteiger partial charge on any atom is -0.331 e. The van der Waals surface area contributed by atoms with E-state index in [0.717, 1.165) is 31.0 Å². The fourth-order valence-electron chi connectivity index (χ4n) is 3.29. The highest BCUT2D eigenvalue weighted by atomic mass is 35.5. The highest BCUT2D eigenvalue weighted by Crippen LogP contribution is 2.29. The van der Waals surface area contributed by atoms with Gasteiger partial charge in [0.15, 0.2) is 5.82 Å². The van der Waals surface area contributed by atoms with Crippen molar-refractivity contribution in [2.75, 3.05) is 13.1 Å². The molecule has 0 radical (unpaired) electrons. The number of benzene rings is 1. The molecule has 1 saturated heterocycles. The number of nitrogens with one attached hydrogen (secondary N) is 1. The standard InChI is InChI=1S/C18H19ClN6O/c19-15-4-1-3-14(11-15)13-5-9-24(10-6-13)18(26)21-12-16-22-17-20-7-2-8-25(17)23-16/h1-4,7-8,11,13H,5-6,9-10,12H2,(H,21,26). The lowest BCUT2D eigenvalue weighted by Crippen LogP contribution is -2.43. The monoisotopic (exact) mass is 370 g/mol. The zero-order chi connectivity index (χ0) is 17.9. The quantitative estimate of drug-likeness (QED) is 0.769. The number of aromatic nitrogens is 4. The van der Waals surface area contributed by atoms with Crippen LogP contribution in [0.4, 0.5) is 4.79 Å². The van der Waals surface area contributed by atoms with Crippen LogP contribution in [0.1, 0.15) is 30.1 Å². The SMILES string of the molecule is O=C(NCc1nc2ncccn2n1)N1CCC(c2cccc(Cl)c2)CC1. The van der Waals surface area contributed by atoms with Crippen LogP contribution in [-0.2, 0) is 6.54 Å². The predicted octanol–water partition coefficient (Wildman–Crippen LogP) is 2.87. The third kappa shape index (κ3) is 3.62. The summed E-state index contributed by atoms with van der Waals surface area (Å²) in [7, 11) is 0. The molecule has 0 spiro atoms. The van der Waals surface area contributed by atoms with Gasteiger partial charge >= 0.3 is 6.03 Å². The van der Waals surface area contributed by atoms with Crippen LogP contribution in [0.25, 0.3) is 5.78 Å². The lowest BCUT2D eigenvalue weighted by atomic mass is 9.89. The van der Waals surface area contributed by atoms with Crippen LogP contribution in [0, 0.1) is 0 Å². The Balaban J connectivity index is 1.30. The topological polar surface area (TPSA) is 75.4 Å². The van der Waals surface area contributed by atoms with Crippen LogP contribution in [0.3, 0.4) is 0 Å². The van der Waals surface area contributed by atoms with Gasteiger partial charge in [-0.3, -0.25) is 0 Å². The molecule has 1 N–H and O–H groups in total. The van der Waals surface area contributed by atoms with Gasteiger partial charge in [0.1, 0.15) is 0 Å². The summed E-state index contributed by atoms with van der Waals surface area (Å²) in [5.74, 6) is 1.52. The summed E-state index contributed by atoms with van der Waals surface area (Å²) < 4.78 is 1.60. The van der Waals surface area contributed by atoms with E-state index in [9.17, 15) is 4.79 Å². The summed E-state index contributed by atoms with van der Waals surface area (Å²) >= 11 is 6.08. The second-order valence-corrected chi connectivity index (χ2v) is 6.80. The van der Waals surface area contributed by atoms with E-state index in [-0.39, 0.29) is 12.6 Å². The highest BCUT2D eigenvalue weighted by Gasteiger charge is 2.24. The van der Waals surface area contributed by atoms with Gasteiger partial charge in [-0.25, -0.2) is 14.3 Å². The van der Waals surface area contributed by atoms with Gasteiger partial charge in [-0.05, 0) is 42.5 Å². The minimum atomic E-state index is -0.0821. The fraction of sp³-hybridized carbons (Fsp3) is 0.333. The number of halogens is 1. The van der Waals surface area contributed by atoms with Gasteiger partial charge in [0.25, 0.3) is 5.78 Å². The van der Waals surface area contributed by atoms with Crippen molar-refractivity contribution >= 4 is 23.4 Å². The van der Waals surface area contributed by atoms with Crippen LogP contribution in [0.2, 0.25) is 5.02 Å². The number of rotatable bonds is 3. The van der Waals surface area contributed by atoms with Crippen molar-refractivity contribution < 1.29 is 4.79 Å².